The number of rotatable bonds is 12. The molecule has 0 spiro atoms. The second-order valence-electron chi connectivity index (χ2n) is 18.9. The normalized spacial score (nSPS) is 21.4. The Balaban J connectivity index is 0.801. The van der Waals surface area contributed by atoms with Gasteiger partial charge >= 0.3 is 0 Å². The van der Waals surface area contributed by atoms with Crippen LogP contribution in [-0.4, -0.2) is 107 Å². The SMILES string of the molecule is Cc1ncsc1-c1ccc(CNC(=O)[C@@H]2C[C@@H](O)CN2C(=O)[C@@H](NC(=O)[C@H]2CC[C@H](CN3CCC(n4cc(-c5cc(-c6ccccc6O)nnc5N)cn4)CC3)CC2)C(C)(C)C)cc1. The molecule has 1 saturated carbocycles. The fraction of sp³-hybridized carbons (Fsp3) is 0.479. The van der Waals surface area contributed by atoms with E-state index in [1.807, 2.05) is 86.7 Å². The van der Waals surface area contributed by atoms with Gasteiger partial charge < -0.3 is 36.4 Å². The Morgan fingerprint density at radius 2 is 1.67 bits per heavy atom. The topological polar surface area (TPSA) is 205 Å². The Morgan fingerprint density at radius 3 is 2.36 bits per heavy atom. The number of hydrogen-bond acceptors (Lipinski definition) is 12. The van der Waals surface area contributed by atoms with Crippen LogP contribution in [0.1, 0.15) is 83.0 Å². The number of aliphatic hydroxyl groups is 1. The molecule has 15 nitrogen and oxygen atoms in total. The molecular weight excluding hydrogens is 829 g/mol. The van der Waals surface area contributed by atoms with E-state index in [-0.39, 0.29) is 54.9 Å². The second-order valence-corrected chi connectivity index (χ2v) is 19.7. The molecule has 2 aliphatic heterocycles. The molecule has 338 valence electrons. The number of aryl methyl sites for hydroxylation is 1. The van der Waals surface area contributed by atoms with E-state index in [0.717, 1.165) is 91.0 Å². The van der Waals surface area contributed by atoms with Gasteiger partial charge in [0.1, 0.15) is 17.8 Å². The molecule has 2 saturated heterocycles. The molecule has 0 radical (unpaired) electrons. The summed E-state index contributed by atoms with van der Waals surface area (Å²) in [6.45, 7) is 11.0. The minimum atomic E-state index is -0.854. The number of piperidine rings is 1. The number of anilines is 1. The van der Waals surface area contributed by atoms with Crippen LogP contribution in [-0.2, 0) is 20.9 Å². The first-order valence-corrected chi connectivity index (χ1v) is 23.3. The molecule has 3 fully saturated rings. The number of para-hydroxylation sites is 1. The molecule has 64 heavy (non-hydrogen) atoms. The highest BCUT2D eigenvalue weighted by atomic mass is 32.1. The summed E-state index contributed by atoms with van der Waals surface area (Å²) in [6.07, 6.45) is 8.45. The average molecular weight is 889 g/mol. The van der Waals surface area contributed by atoms with Crippen molar-refractivity contribution in [2.75, 3.05) is 31.9 Å². The van der Waals surface area contributed by atoms with Crippen LogP contribution in [0.2, 0.25) is 0 Å². The highest BCUT2D eigenvalue weighted by molar-refractivity contribution is 7.13. The number of hydrogen-bond donors (Lipinski definition) is 5. The van der Waals surface area contributed by atoms with E-state index in [1.165, 1.54) is 4.90 Å². The minimum Gasteiger partial charge on any atom is -0.507 e. The van der Waals surface area contributed by atoms with Gasteiger partial charge in [-0.2, -0.15) is 5.10 Å². The van der Waals surface area contributed by atoms with Gasteiger partial charge in [-0.15, -0.1) is 21.5 Å². The van der Waals surface area contributed by atoms with Crippen molar-refractivity contribution in [3.63, 3.8) is 0 Å². The number of amides is 3. The smallest absolute Gasteiger partial charge is 0.246 e. The number of phenolic OH excluding ortho intramolecular Hbond substituents is 1. The Hall–Kier alpha value is -5.71. The van der Waals surface area contributed by atoms with E-state index < -0.39 is 23.6 Å². The van der Waals surface area contributed by atoms with Gasteiger partial charge in [0.15, 0.2) is 5.82 Å². The van der Waals surface area contributed by atoms with E-state index in [2.05, 4.69) is 30.7 Å². The minimum absolute atomic E-state index is 0.0365. The molecule has 3 atom stereocenters. The second kappa shape index (κ2) is 19.2. The third-order valence-electron chi connectivity index (χ3n) is 13.3. The Bertz CT molecular complexity index is 2430. The zero-order chi connectivity index (χ0) is 45.1. The van der Waals surface area contributed by atoms with Crippen LogP contribution in [0.15, 0.2) is 72.5 Å². The number of phenols is 1. The van der Waals surface area contributed by atoms with Gasteiger partial charge in [0.25, 0.3) is 0 Å². The van der Waals surface area contributed by atoms with E-state index in [9.17, 15) is 24.6 Å². The summed E-state index contributed by atoms with van der Waals surface area (Å²) in [5, 5.41) is 40.2. The molecule has 16 heteroatoms. The highest BCUT2D eigenvalue weighted by Gasteiger charge is 2.45. The molecule has 0 unspecified atom stereocenters. The number of nitrogens with two attached hydrogens (primary N) is 1. The molecule has 5 aromatic rings. The summed E-state index contributed by atoms with van der Waals surface area (Å²) in [4.78, 5) is 51.1. The number of likely N-dealkylation sites (tertiary alicyclic amines) is 2. The van der Waals surface area contributed by atoms with Crippen LogP contribution in [0, 0.1) is 24.2 Å². The van der Waals surface area contributed by atoms with Gasteiger partial charge in [-0.05, 0) is 86.1 Å². The number of β-amino-alcohol motifs (C(OH)–C–C–N with tert-alkyl or cyclic N) is 1. The van der Waals surface area contributed by atoms with Crippen LogP contribution >= 0.6 is 11.3 Å². The van der Waals surface area contributed by atoms with Crippen molar-refractivity contribution in [3.05, 3.63) is 83.8 Å². The summed E-state index contributed by atoms with van der Waals surface area (Å²) in [5.74, 6) is -0.0641. The molecule has 8 rings (SSSR count). The maximum Gasteiger partial charge on any atom is 0.246 e. The number of benzene rings is 2. The highest BCUT2D eigenvalue weighted by Crippen LogP contribution is 2.35. The zero-order valence-electron chi connectivity index (χ0n) is 37.1. The molecule has 2 aromatic carbocycles. The number of carbonyl (C=O) groups excluding carboxylic acids is 3. The lowest BCUT2D eigenvalue weighted by molar-refractivity contribution is -0.144. The summed E-state index contributed by atoms with van der Waals surface area (Å²) >= 11 is 1.59. The van der Waals surface area contributed by atoms with Gasteiger partial charge in [-0.1, -0.05) is 57.2 Å². The van der Waals surface area contributed by atoms with Crippen molar-refractivity contribution in [1.29, 1.82) is 0 Å². The van der Waals surface area contributed by atoms with Crippen LogP contribution in [0.25, 0.3) is 32.8 Å². The largest absolute Gasteiger partial charge is 0.507 e. The van der Waals surface area contributed by atoms with Gasteiger partial charge in [0.2, 0.25) is 17.7 Å². The van der Waals surface area contributed by atoms with Crippen LogP contribution < -0.4 is 16.4 Å². The van der Waals surface area contributed by atoms with Gasteiger partial charge in [-0.25, -0.2) is 4.98 Å². The fourth-order valence-electron chi connectivity index (χ4n) is 9.51. The monoisotopic (exact) mass is 888 g/mol. The van der Waals surface area contributed by atoms with Crippen LogP contribution in [0.3, 0.4) is 0 Å². The van der Waals surface area contributed by atoms with Crippen molar-refractivity contribution in [1.82, 2.24) is 45.4 Å². The van der Waals surface area contributed by atoms with Gasteiger partial charge in [-0.3, -0.25) is 19.1 Å². The number of nitrogens with one attached hydrogen (secondary N) is 2. The van der Waals surface area contributed by atoms with Gasteiger partial charge in [0, 0.05) is 67.9 Å². The number of aromatic nitrogens is 5. The summed E-state index contributed by atoms with van der Waals surface area (Å²) < 4.78 is 2.03. The predicted octanol–water partition coefficient (Wildman–Crippen LogP) is 5.98. The lowest BCUT2D eigenvalue weighted by Gasteiger charge is -2.38. The number of thiazole rings is 1. The first-order valence-electron chi connectivity index (χ1n) is 22.5. The maximum atomic E-state index is 14.2. The van der Waals surface area contributed by atoms with Crippen molar-refractivity contribution >= 4 is 34.9 Å². The standard InChI is InChI=1S/C48H60N10O5S/c1-29-42(64-28-51-29)32-13-9-30(10-14-32)23-50-46(62)40-21-36(59)27-57(40)47(63)43(48(2,3)4)53-45(61)33-15-11-31(12-16-33)25-56-19-17-35(18-20-56)58-26-34(24-52-58)38-22-39(54-55-44(38)49)37-7-5-6-8-41(37)60/h5-10,13-14,22,24,26,28,31,33,35-36,40,43,59-60H,11-12,15-21,23,25,27H2,1-4H3,(H2,49,55)(H,50,62)(H,53,61)/t31-,33-,36-,40+,43-/m1/s1. The lowest BCUT2D eigenvalue weighted by atomic mass is 9.80. The van der Waals surface area contributed by atoms with E-state index in [4.69, 9.17) is 10.8 Å². The van der Waals surface area contributed by atoms with Crippen LogP contribution in [0.4, 0.5) is 5.82 Å². The van der Waals surface area contributed by atoms with Gasteiger partial charge in [0.05, 0.1) is 40.1 Å². The quantitative estimate of drug-likeness (QED) is 0.0986. The molecule has 3 aliphatic rings. The van der Waals surface area contributed by atoms with Crippen molar-refractivity contribution in [3.8, 4) is 38.6 Å². The molecule has 1 aliphatic carbocycles. The molecule has 3 aromatic heterocycles. The van der Waals surface area contributed by atoms with E-state index in [0.29, 0.717) is 23.0 Å². The summed E-state index contributed by atoms with van der Waals surface area (Å²) in [5.41, 5.74) is 13.1. The number of nitrogens with zero attached hydrogens (tertiary/aromatic N) is 7. The summed E-state index contributed by atoms with van der Waals surface area (Å²) in [7, 11) is 0. The lowest BCUT2D eigenvalue weighted by Crippen LogP contribution is -2.58. The fourth-order valence-corrected chi connectivity index (χ4v) is 10.3. The Labute approximate surface area is 378 Å². The van der Waals surface area contributed by atoms with Crippen molar-refractivity contribution in [2.45, 2.75) is 103 Å². The molecular formula is C48H60N10O5S. The molecule has 5 heterocycles. The first-order chi connectivity index (χ1) is 30.7. The summed E-state index contributed by atoms with van der Waals surface area (Å²) in [6, 6.07) is 15.4. The maximum absolute atomic E-state index is 14.2. The third-order valence-corrected chi connectivity index (χ3v) is 14.3. The van der Waals surface area contributed by atoms with Crippen LogP contribution in [0.5, 0.6) is 5.75 Å². The molecule has 3 amide bonds. The van der Waals surface area contributed by atoms with E-state index >= 15 is 0 Å². The number of aromatic hydroxyl groups is 1. The number of nitrogen functional groups attached to an aromatic ring is 1. The third kappa shape index (κ3) is 10.1. The predicted molar refractivity (Wildman–Crippen MR) is 247 cm³/mol. The number of aliphatic hydroxyl groups excluding tert-OH is 1. The number of carbonyl (C=O) groups is 3. The average Bonchev–Trinajstić information content (AvgIpc) is 4.05. The zero-order valence-corrected chi connectivity index (χ0v) is 37.9. The first kappa shape index (κ1) is 44.9. The Kier molecular flexibility index (Phi) is 13.4. The Morgan fingerprint density at radius 1 is 0.938 bits per heavy atom. The molecule has 0 bridgehead atoms. The molecule has 6 N–H and O–H groups in total. The van der Waals surface area contributed by atoms with Crippen molar-refractivity contribution < 1.29 is 24.6 Å². The van der Waals surface area contributed by atoms with Crippen molar-refractivity contribution in [2.24, 2.45) is 17.3 Å². The van der Waals surface area contributed by atoms with E-state index in [1.54, 1.807) is 29.5 Å².